The topological polar surface area (TPSA) is 131 Å². The molecule has 5 atom stereocenters. The van der Waals surface area contributed by atoms with E-state index in [0.29, 0.717) is 30.1 Å². The van der Waals surface area contributed by atoms with Crippen molar-refractivity contribution in [3.63, 3.8) is 0 Å². The van der Waals surface area contributed by atoms with Crippen LogP contribution in [0.2, 0.25) is 0 Å². The van der Waals surface area contributed by atoms with Crippen LogP contribution in [-0.4, -0.2) is 44.1 Å². The Morgan fingerprint density at radius 1 is 0.538 bits per heavy atom. The second-order valence-corrected chi connectivity index (χ2v) is 23.0. The van der Waals surface area contributed by atoms with Gasteiger partial charge >= 0.3 is 5.97 Å². The largest absolute Gasteiger partial charge is 0.744 e. The van der Waals surface area contributed by atoms with Gasteiger partial charge in [0, 0.05) is 6.61 Å². The number of carbonyl (C=O) groups is 1. The van der Waals surface area contributed by atoms with Crippen molar-refractivity contribution in [1.82, 2.24) is 0 Å². The van der Waals surface area contributed by atoms with Gasteiger partial charge in [-0.15, -0.1) is 0 Å². The van der Waals surface area contributed by atoms with Crippen LogP contribution in [-0.2, 0) is 35.3 Å². The molecule has 7 aromatic carbocycles. The van der Waals surface area contributed by atoms with E-state index in [0.717, 1.165) is 48.3 Å². The summed E-state index contributed by atoms with van der Waals surface area (Å²) in [5, 5.41) is 9.01. The Morgan fingerprint density at radius 2 is 0.897 bits per heavy atom. The summed E-state index contributed by atoms with van der Waals surface area (Å²) in [6, 6.07) is 61.5. The second kappa shape index (κ2) is 34.5. The third-order valence-electron chi connectivity index (χ3n) is 13.4. The maximum Gasteiger partial charge on any atom is 0.312 e. The lowest BCUT2D eigenvalue weighted by Crippen LogP contribution is -2.26. The quantitative estimate of drug-likeness (QED) is 0.0364. The summed E-state index contributed by atoms with van der Waals surface area (Å²) in [4.78, 5) is 15.9. The number of aromatic hydroxyl groups is 1. The molecule has 0 radical (unpaired) electrons. The first-order valence-electron chi connectivity index (χ1n) is 27.2. The van der Waals surface area contributed by atoms with Crippen LogP contribution >= 0.6 is 0 Å². The normalized spacial score (nSPS) is 12.9. The van der Waals surface area contributed by atoms with Crippen molar-refractivity contribution in [3.05, 3.63) is 210 Å². The van der Waals surface area contributed by atoms with Crippen LogP contribution in [0.4, 0.5) is 0 Å². The molecule has 0 saturated carbocycles. The number of benzene rings is 7. The lowest BCUT2D eigenvalue weighted by molar-refractivity contribution is -0.159. The Bertz CT molecular complexity index is 2710. The fraction of sp³-hybridized carbons (Fsp3) is 0.358. The van der Waals surface area contributed by atoms with E-state index in [-0.39, 0.29) is 34.2 Å². The van der Waals surface area contributed by atoms with E-state index in [1.54, 1.807) is 31.4 Å². The van der Waals surface area contributed by atoms with Crippen molar-refractivity contribution in [3.8, 4) is 17.2 Å². The number of phenols is 1. The number of methoxy groups -OCH3 is 1. The molecular weight excluding hydrogens is 1010 g/mol. The highest BCUT2D eigenvalue weighted by molar-refractivity contribution is 7.97. The van der Waals surface area contributed by atoms with Crippen molar-refractivity contribution >= 4 is 27.0 Å². The van der Waals surface area contributed by atoms with Gasteiger partial charge in [-0.2, -0.15) is 0 Å². The van der Waals surface area contributed by atoms with E-state index in [4.69, 9.17) is 24.1 Å². The molecule has 0 spiro atoms. The molecule has 1 N–H and O–H groups in total. The number of carbonyl (C=O) groups excluding carboxylic acids is 1. The van der Waals surface area contributed by atoms with E-state index in [9.17, 15) is 17.8 Å². The van der Waals surface area contributed by atoms with Crippen LogP contribution in [0.5, 0.6) is 17.2 Å². The number of esters is 1. The molecule has 7 rings (SSSR count). The lowest BCUT2D eigenvalue weighted by atomic mass is 9.90. The molecule has 5 unspecified atom stereocenters. The van der Waals surface area contributed by atoms with Crippen molar-refractivity contribution in [2.45, 2.75) is 158 Å². The van der Waals surface area contributed by atoms with Gasteiger partial charge in [0.2, 0.25) is 0 Å². The maximum atomic E-state index is 12.0. The maximum absolute atomic E-state index is 12.0. The molecule has 0 aromatic heterocycles. The summed E-state index contributed by atoms with van der Waals surface area (Å²) >= 11 is 0. The molecule has 0 aliphatic rings. The molecule has 0 bridgehead atoms. The van der Waals surface area contributed by atoms with Gasteiger partial charge in [-0.3, -0.25) is 4.79 Å². The highest BCUT2D eigenvalue weighted by Gasteiger charge is 2.29. The molecule has 0 saturated heterocycles. The number of hydrogen-bond donors (Lipinski definition) is 1. The first-order chi connectivity index (χ1) is 37.2. The molecule has 0 amide bonds. The summed E-state index contributed by atoms with van der Waals surface area (Å²) in [5.74, 6) is 3.44. The van der Waals surface area contributed by atoms with E-state index < -0.39 is 15.5 Å². The third kappa shape index (κ3) is 22.9. The average molecular weight is 1100 g/mol. The highest BCUT2D eigenvalue weighted by atomic mass is 32.2. The van der Waals surface area contributed by atoms with Crippen molar-refractivity contribution in [2.24, 2.45) is 5.41 Å². The summed E-state index contributed by atoms with van der Waals surface area (Å²) in [6.07, 6.45) is 3.64. The molecular formula is C67H86O9S2. The standard InChI is InChI=1S/C18H15S.C15H22O3.C14H22O2.C10H14O3S.C10H14O/c1-4-10-16(11-5-1)19(17-12-6-2-7-13-17)18-14-8-3-9-15-18;1-6-15(3,4)14(16)18-11(2)12-7-9-13(17-5)10-8-12;1-5-11(3)13-7-9-14(10-8-13)16-12(4)15-6-2;1-3-8(2)9-4-6-10(7-5-9)14(11,12)13;1-3-8(2)9-4-6-10(11)7-5-9/h1-15H;7-11H,6H2,1-5H3;7-12H,5-6H2,1-4H3;4-8H,3H2,1-2H3,(H,11,12,13);4-8,11H,3H2,1-2H3/q+1;;;;/p-1. The summed E-state index contributed by atoms with van der Waals surface area (Å²) in [6.45, 7) is 25.1. The van der Waals surface area contributed by atoms with Gasteiger partial charge in [-0.1, -0.05) is 152 Å². The Balaban J connectivity index is 0.000000259. The fourth-order valence-corrected chi connectivity index (χ4v) is 9.87. The fourth-order valence-electron chi connectivity index (χ4n) is 7.29. The SMILES string of the molecule is CCC(C)(C)C(=O)OC(C)c1ccc(OC)cc1.CCC(C)c1ccc(O)cc1.CCC(C)c1ccc(S(=O)(=O)[O-])cc1.CCOC(C)Oc1ccc(C(C)CC)cc1.c1ccc([S+](c2ccccc2)c2ccccc2)cc1. The summed E-state index contributed by atoms with van der Waals surface area (Å²) in [7, 11) is -2.69. The van der Waals surface area contributed by atoms with Crippen LogP contribution < -0.4 is 9.47 Å². The van der Waals surface area contributed by atoms with Crippen molar-refractivity contribution in [2.75, 3.05) is 13.7 Å². The summed E-state index contributed by atoms with van der Waals surface area (Å²) < 4.78 is 53.4. The zero-order valence-electron chi connectivity index (χ0n) is 48.3. The van der Waals surface area contributed by atoms with Gasteiger partial charge in [0.1, 0.15) is 33.5 Å². The number of hydrogen-bond acceptors (Lipinski definition) is 9. The first-order valence-corrected chi connectivity index (χ1v) is 29.8. The predicted molar refractivity (Wildman–Crippen MR) is 320 cm³/mol. The van der Waals surface area contributed by atoms with Gasteiger partial charge in [0.25, 0.3) is 0 Å². The average Bonchev–Trinajstić information content (AvgIpc) is 3.48. The Hall–Kier alpha value is -6.37. The van der Waals surface area contributed by atoms with Gasteiger partial charge in [-0.05, 0) is 185 Å². The smallest absolute Gasteiger partial charge is 0.312 e. The van der Waals surface area contributed by atoms with Crippen LogP contribution in [0.3, 0.4) is 0 Å². The summed E-state index contributed by atoms with van der Waals surface area (Å²) in [5.41, 5.74) is 4.25. The second-order valence-electron chi connectivity index (χ2n) is 19.6. The van der Waals surface area contributed by atoms with E-state index in [2.05, 4.69) is 145 Å². The minimum absolute atomic E-state index is 0.0146. The van der Waals surface area contributed by atoms with Gasteiger partial charge in [0.15, 0.2) is 21.0 Å². The minimum atomic E-state index is -4.30. The first kappa shape index (κ1) is 65.9. The Morgan fingerprint density at radius 3 is 1.24 bits per heavy atom. The Kier molecular flexibility index (Phi) is 29.2. The van der Waals surface area contributed by atoms with E-state index in [1.165, 1.54) is 37.9 Å². The van der Waals surface area contributed by atoms with Crippen LogP contribution in [0.1, 0.15) is 155 Å². The van der Waals surface area contributed by atoms with Gasteiger partial charge in [0.05, 0.1) is 28.3 Å². The lowest BCUT2D eigenvalue weighted by Gasteiger charge is -2.23. The number of rotatable bonds is 19. The van der Waals surface area contributed by atoms with Crippen LogP contribution in [0, 0.1) is 5.41 Å². The minimum Gasteiger partial charge on any atom is -0.744 e. The molecule has 78 heavy (non-hydrogen) atoms. The highest BCUT2D eigenvalue weighted by Crippen LogP contribution is 2.31. The van der Waals surface area contributed by atoms with Gasteiger partial charge in [-0.25, -0.2) is 8.42 Å². The van der Waals surface area contributed by atoms with Gasteiger partial charge < -0.3 is 28.6 Å². The monoisotopic (exact) mass is 1100 g/mol. The zero-order valence-corrected chi connectivity index (χ0v) is 50.0. The molecule has 0 aliphatic heterocycles. The number of phenolic OH excluding ortho intramolecular Hbond substituents is 1. The Labute approximate surface area is 471 Å². The van der Waals surface area contributed by atoms with Crippen LogP contribution in [0.15, 0.2) is 208 Å². The zero-order chi connectivity index (χ0) is 57.7. The van der Waals surface area contributed by atoms with E-state index >= 15 is 0 Å². The molecule has 420 valence electrons. The predicted octanol–water partition coefficient (Wildman–Crippen LogP) is 17.5. The van der Waals surface area contributed by atoms with Crippen molar-refractivity contribution in [1.29, 1.82) is 0 Å². The molecule has 0 aliphatic carbocycles. The number of ether oxygens (including phenoxy) is 4. The molecule has 11 heteroatoms. The van der Waals surface area contributed by atoms with Crippen LogP contribution in [0.25, 0.3) is 0 Å². The third-order valence-corrected chi connectivity index (χ3v) is 16.5. The molecule has 7 aromatic rings. The molecule has 0 heterocycles. The van der Waals surface area contributed by atoms with E-state index in [1.807, 2.05) is 90.1 Å². The molecule has 9 nitrogen and oxygen atoms in total. The van der Waals surface area contributed by atoms with Crippen molar-refractivity contribution < 1.29 is 41.8 Å². The molecule has 0 fully saturated rings.